The van der Waals surface area contributed by atoms with E-state index in [1.807, 2.05) is 5.38 Å². The van der Waals surface area contributed by atoms with E-state index in [1.165, 1.54) is 18.2 Å². The Morgan fingerprint density at radius 1 is 1.38 bits per heavy atom. The van der Waals surface area contributed by atoms with E-state index in [2.05, 4.69) is 25.8 Å². The van der Waals surface area contributed by atoms with Crippen LogP contribution in [0.15, 0.2) is 23.6 Å². The highest BCUT2D eigenvalue weighted by Gasteiger charge is 2.18. The number of ether oxygens (including phenoxy) is 1. The Bertz CT molecular complexity index is 617. The molecule has 21 heavy (non-hydrogen) atoms. The molecule has 0 aliphatic heterocycles. The average molecular weight is 309 g/mol. The topological polar surface area (TPSA) is 42.4 Å². The van der Waals surface area contributed by atoms with Gasteiger partial charge in [-0.05, 0) is 25.1 Å². The van der Waals surface area contributed by atoms with E-state index in [9.17, 15) is 9.50 Å². The molecule has 114 valence electrons. The Morgan fingerprint density at radius 2 is 2.10 bits per heavy atom. The van der Waals surface area contributed by atoms with Gasteiger partial charge in [0.05, 0.1) is 11.8 Å². The van der Waals surface area contributed by atoms with Crippen LogP contribution in [0.25, 0.3) is 0 Å². The minimum atomic E-state index is -0.780. The first-order valence-electron chi connectivity index (χ1n) is 6.82. The highest BCUT2D eigenvalue weighted by atomic mass is 32.1. The molecule has 1 atom stereocenters. The molecule has 0 aliphatic carbocycles. The molecule has 2 aromatic rings. The maximum atomic E-state index is 13.2. The molecule has 0 spiro atoms. The van der Waals surface area contributed by atoms with Crippen molar-refractivity contribution in [1.29, 1.82) is 0 Å². The third kappa shape index (κ3) is 4.02. The number of benzene rings is 1. The van der Waals surface area contributed by atoms with Gasteiger partial charge in [0.25, 0.3) is 0 Å². The zero-order valence-corrected chi connectivity index (χ0v) is 13.5. The van der Waals surface area contributed by atoms with Crippen LogP contribution < -0.4 is 4.74 Å². The zero-order valence-electron chi connectivity index (χ0n) is 12.7. The number of aliphatic hydroxyl groups is 1. The number of hydrogen-bond acceptors (Lipinski definition) is 4. The number of hydrogen-bond donors (Lipinski definition) is 1. The van der Waals surface area contributed by atoms with Crippen LogP contribution in [-0.2, 0) is 12.0 Å². The minimum absolute atomic E-state index is 0.00932. The predicted octanol–water partition coefficient (Wildman–Crippen LogP) is 4.21. The fourth-order valence-electron chi connectivity index (χ4n) is 1.84. The van der Waals surface area contributed by atoms with E-state index in [0.29, 0.717) is 17.9 Å². The van der Waals surface area contributed by atoms with Gasteiger partial charge in [0.1, 0.15) is 23.2 Å². The van der Waals surface area contributed by atoms with Gasteiger partial charge in [0, 0.05) is 16.4 Å². The molecule has 0 radical (unpaired) electrons. The van der Waals surface area contributed by atoms with Crippen molar-refractivity contribution in [3.63, 3.8) is 0 Å². The van der Waals surface area contributed by atoms with Crippen molar-refractivity contribution >= 4 is 11.3 Å². The highest BCUT2D eigenvalue weighted by molar-refractivity contribution is 7.09. The molecule has 3 nitrogen and oxygen atoms in total. The minimum Gasteiger partial charge on any atom is -0.486 e. The highest BCUT2D eigenvalue weighted by Crippen LogP contribution is 2.28. The van der Waals surface area contributed by atoms with Crippen LogP contribution in [-0.4, -0.2) is 10.1 Å². The van der Waals surface area contributed by atoms with Gasteiger partial charge in [0.15, 0.2) is 0 Å². The fourth-order valence-corrected chi connectivity index (χ4v) is 2.77. The van der Waals surface area contributed by atoms with Gasteiger partial charge in [-0.2, -0.15) is 0 Å². The van der Waals surface area contributed by atoms with Gasteiger partial charge >= 0.3 is 0 Å². The zero-order chi connectivity index (χ0) is 15.6. The summed E-state index contributed by atoms with van der Waals surface area (Å²) in [6.45, 7) is 8.23. The number of aromatic nitrogens is 1. The van der Waals surface area contributed by atoms with Crippen molar-refractivity contribution in [2.75, 3.05) is 0 Å². The van der Waals surface area contributed by atoms with E-state index in [-0.39, 0.29) is 11.2 Å². The molecular formula is C16H20FNO2S. The molecule has 5 heteroatoms. The van der Waals surface area contributed by atoms with Gasteiger partial charge in [0.2, 0.25) is 0 Å². The third-order valence-corrected chi connectivity index (χ3v) is 3.92. The molecule has 1 heterocycles. The van der Waals surface area contributed by atoms with Gasteiger partial charge in [-0.1, -0.05) is 20.8 Å². The summed E-state index contributed by atoms with van der Waals surface area (Å²) < 4.78 is 18.9. The summed E-state index contributed by atoms with van der Waals surface area (Å²) in [6, 6.07) is 4.15. The van der Waals surface area contributed by atoms with Crippen LogP contribution in [0.3, 0.4) is 0 Å². The lowest BCUT2D eigenvalue weighted by molar-refractivity contribution is 0.189. The van der Waals surface area contributed by atoms with Gasteiger partial charge in [-0.3, -0.25) is 0 Å². The van der Waals surface area contributed by atoms with Crippen molar-refractivity contribution in [3.8, 4) is 5.75 Å². The maximum Gasteiger partial charge on any atom is 0.140 e. The molecule has 1 aromatic carbocycles. The molecule has 0 fully saturated rings. The quantitative estimate of drug-likeness (QED) is 0.920. The van der Waals surface area contributed by atoms with Crippen molar-refractivity contribution in [1.82, 2.24) is 4.98 Å². The number of thiazole rings is 1. The van der Waals surface area contributed by atoms with Crippen LogP contribution in [0.1, 0.15) is 50.1 Å². The molecule has 0 bridgehead atoms. The lowest BCUT2D eigenvalue weighted by Crippen LogP contribution is -2.11. The van der Waals surface area contributed by atoms with Crippen LogP contribution in [0.5, 0.6) is 5.75 Å². The average Bonchev–Trinajstić information content (AvgIpc) is 2.85. The van der Waals surface area contributed by atoms with Crippen molar-refractivity contribution in [2.24, 2.45) is 0 Å². The summed E-state index contributed by atoms with van der Waals surface area (Å²) in [5.74, 6) is 0.0985. The summed E-state index contributed by atoms with van der Waals surface area (Å²) in [7, 11) is 0. The van der Waals surface area contributed by atoms with Crippen molar-refractivity contribution < 1.29 is 14.2 Å². The van der Waals surface area contributed by atoms with Crippen LogP contribution >= 0.6 is 11.3 Å². The molecule has 1 N–H and O–H groups in total. The van der Waals surface area contributed by atoms with E-state index in [4.69, 9.17) is 4.74 Å². The first-order valence-corrected chi connectivity index (χ1v) is 7.70. The summed E-state index contributed by atoms with van der Waals surface area (Å²) in [4.78, 5) is 4.55. The fraction of sp³-hybridized carbons (Fsp3) is 0.438. The second-order valence-electron chi connectivity index (χ2n) is 6.02. The lowest BCUT2D eigenvalue weighted by atomic mass is 9.93. The van der Waals surface area contributed by atoms with Crippen molar-refractivity contribution in [2.45, 2.75) is 45.8 Å². The molecule has 0 unspecified atom stereocenters. The summed E-state index contributed by atoms with van der Waals surface area (Å²) in [6.07, 6.45) is -0.780. The van der Waals surface area contributed by atoms with E-state index < -0.39 is 6.10 Å². The second kappa shape index (κ2) is 6.12. The molecule has 0 aliphatic rings. The SMILES string of the molecule is C[C@@H](O)c1cc(F)ccc1OCc1nc(C(C)(C)C)cs1. The summed E-state index contributed by atoms with van der Waals surface area (Å²) >= 11 is 1.54. The molecule has 0 amide bonds. The summed E-state index contributed by atoms with van der Waals surface area (Å²) in [5.41, 5.74) is 1.48. The Labute approximate surface area is 128 Å². The molecule has 1 aromatic heterocycles. The molecule has 0 saturated heterocycles. The molecule has 2 rings (SSSR count). The lowest BCUT2D eigenvalue weighted by Gasteiger charge is -2.14. The molecule has 0 saturated carbocycles. The van der Waals surface area contributed by atoms with Crippen LogP contribution in [0.4, 0.5) is 4.39 Å². The van der Waals surface area contributed by atoms with Gasteiger partial charge in [-0.25, -0.2) is 9.37 Å². The van der Waals surface area contributed by atoms with Crippen LogP contribution in [0.2, 0.25) is 0 Å². The van der Waals surface area contributed by atoms with E-state index in [0.717, 1.165) is 10.7 Å². The van der Waals surface area contributed by atoms with E-state index >= 15 is 0 Å². The maximum absolute atomic E-state index is 13.2. The predicted molar refractivity (Wildman–Crippen MR) is 82.2 cm³/mol. The smallest absolute Gasteiger partial charge is 0.140 e. The van der Waals surface area contributed by atoms with E-state index in [1.54, 1.807) is 18.3 Å². The standard InChI is InChI=1S/C16H20FNO2S/c1-10(19)12-7-11(17)5-6-13(12)20-8-15-18-14(9-21-15)16(2,3)4/h5-7,9-10,19H,8H2,1-4H3/t10-/m1/s1. The number of rotatable bonds is 4. The van der Waals surface area contributed by atoms with Gasteiger partial charge < -0.3 is 9.84 Å². The molecular weight excluding hydrogens is 289 g/mol. The Hall–Kier alpha value is -1.46. The Morgan fingerprint density at radius 3 is 2.67 bits per heavy atom. The largest absolute Gasteiger partial charge is 0.486 e. The first-order chi connectivity index (χ1) is 9.77. The Kier molecular flexibility index (Phi) is 4.64. The normalized spacial score (nSPS) is 13.2. The van der Waals surface area contributed by atoms with Crippen LogP contribution in [0, 0.1) is 5.82 Å². The van der Waals surface area contributed by atoms with Gasteiger partial charge in [-0.15, -0.1) is 11.3 Å². The Balaban J connectivity index is 2.12. The third-order valence-electron chi connectivity index (χ3n) is 3.09. The second-order valence-corrected chi connectivity index (χ2v) is 6.97. The monoisotopic (exact) mass is 309 g/mol. The number of nitrogens with zero attached hydrogens (tertiary/aromatic N) is 1. The number of aliphatic hydroxyl groups excluding tert-OH is 1. The first kappa shape index (κ1) is 15.9. The summed E-state index contributed by atoms with van der Waals surface area (Å²) in [5, 5.41) is 12.6. The van der Waals surface area contributed by atoms with Crippen molar-refractivity contribution in [3.05, 3.63) is 45.7 Å². The number of halogens is 1.